The summed E-state index contributed by atoms with van der Waals surface area (Å²) >= 11 is 0. The largest absolute Gasteiger partial charge is 0.492 e. The topological polar surface area (TPSA) is 91.4 Å². The van der Waals surface area contributed by atoms with Crippen LogP contribution in [-0.4, -0.2) is 36.8 Å². The number of fused-ring (bicyclic) bond motifs is 1. The molecular weight excluding hydrogens is 293 g/mol. The first-order valence-corrected chi connectivity index (χ1v) is 7.75. The summed E-state index contributed by atoms with van der Waals surface area (Å²) in [6.45, 7) is 4.75. The van der Waals surface area contributed by atoms with E-state index in [0.717, 1.165) is 16.9 Å². The monoisotopic (exact) mass is 313 g/mol. The lowest BCUT2D eigenvalue weighted by atomic mass is 9.69. The van der Waals surface area contributed by atoms with Crippen LogP contribution in [0.15, 0.2) is 36.1 Å². The summed E-state index contributed by atoms with van der Waals surface area (Å²) in [6.07, 6.45) is 7.93. The third-order valence-corrected chi connectivity index (χ3v) is 4.13. The molecule has 0 aliphatic heterocycles. The number of imidazole rings is 1. The van der Waals surface area contributed by atoms with Crippen molar-refractivity contribution < 1.29 is 15.2 Å². The van der Waals surface area contributed by atoms with Crippen LogP contribution in [0.2, 0.25) is 5.82 Å². The maximum Gasteiger partial charge on any atom is 0.459 e. The fourth-order valence-electron chi connectivity index (χ4n) is 2.87. The highest BCUT2D eigenvalue weighted by Gasteiger charge is 2.22. The Morgan fingerprint density at radius 1 is 1.39 bits per heavy atom. The zero-order valence-electron chi connectivity index (χ0n) is 13.2. The lowest BCUT2D eigenvalue weighted by Gasteiger charge is -2.17. The molecular formula is C16H20BN3O3. The summed E-state index contributed by atoms with van der Waals surface area (Å²) in [5, 5.41) is 28.4. The van der Waals surface area contributed by atoms with Crippen LogP contribution >= 0.6 is 0 Å². The second kappa shape index (κ2) is 6.18. The first-order chi connectivity index (χ1) is 11.0. The molecule has 1 unspecified atom stereocenters. The molecule has 0 amide bonds. The zero-order chi connectivity index (χ0) is 16.6. The van der Waals surface area contributed by atoms with Crippen LogP contribution in [0.3, 0.4) is 0 Å². The van der Waals surface area contributed by atoms with Crippen LogP contribution in [0.25, 0.3) is 11.0 Å². The standard InChI is InChI=1S/C16H20BN3O3/c1-10(2)15-19-14-13(7-8-18-16(14)21)20(15)9-11-3-5-12(6-4-11)17(22)23/h3-5,7-8,10,12,22-23H,6,9H2,1-2H3,(H,18,21). The normalized spacial score (nSPS) is 17.8. The van der Waals surface area contributed by atoms with E-state index in [2.05, 4.69) is 28.4 Å². The van der Waals surface area contributed by atoms with Gasteiger partial charge in [0.2, 0.25) is 5.88 Å². The Kier molecular flexibility index (Phi) is 4.23. The molecule has 0 spiro atoms. The SMILES string of the molecule is CC(C)c1nc2c(O)nccc2n1CC1=CCC(B(O)O)C=C1. The quantitative estimate of drug-likeness (QED) is 0.751. The molecule has 0 radical (unpaired) electrons. The van der Waals surface area contributed by atoms with Gasteiger partial charge < -0.3 is 19.7 Å². The average molecular weight is 313 g/mol. The lowest BCUT2D eigenvalue weighted by Crippen LogP contribution is -2.19. The van der Waals surface area contributed by atoms with Gasteiger partial charge in [-0.1, -0.05) is 32.1 Å². The van der Waals surface area contributed by atoms with Crippen molar-refractivity contribution in [2.24, 2.45) is 0 Å². The zero-order valence-corrected chi connectivity index (χ0v) is 13.2. The molecule has 2 heterocycles. The van der Waals surface area contributed by atoms with E-state index in [9.17, 15) is 15.2 Å². The van der Waals surface area contributed by atoms with Crippen molar-refractivity contribution >= 4 is 18.2 Å². The minimum absolute atomic E-state index is 0.0558. The van der Waals surface area contributed by atoms with Gasteiger partial charge in [0, 0.05) is 24.5 Å². The predicted molar refractivity (Wildman–Crippen MR) is 89.1 cm³/mol. The van der Waals surface area contributed by atoms with Crippen molar-refractivity contribution in [1.82, 2.24) is 14.5 Å². The van der Waals surface area contributed by atoms with E-state index in [1.807, 2.05) is 24.3 Å². The molecule has 7 heteroatoms. The average Bonchev–Trinajstić information content (AvgIpc) is 2.88. The number of allylic oxidation sites excluding steroid dienone is 4. The van der Waals surface area contributed by atoms with E-state index < -0.39 is 7.12 Å². The van der Waals surface area contributed by atoms with E-state index in [4.69, 9.17) is 0 Å². The number of nitrogens with zero attached hydrogens (tertiary/aromatic N) is 3. The van der Waals surface area contributed by atoms with E-state index in [-0.39, 0.29) is 17.6 Å². The molecule has 0 fully saturated rings. The summed E-state index contributed by atoms with van der Waals surface area (Å²) in [5.74, 6) is 0.791. The highest BCUT2D eigenvalue weighted by Crippen LogP contribution is 2.29. The Balaban J connectivity index is 1.96. The summed E-state index contributed by atoms with van der Waals surface area (Å²) in [7, 11) is -1.33. The minimum Gasteiger partial charge on any atom is -0.492 e. The van der Waals surface area contributed by atoms with E-state index in [1.165, 1.54) is 0 Å². The Morgan fingerprint density at radius 3 is 2.78 bits per heavy atom. The molecule has 2 aromatic rings. The van der Waals surface area contributed by atoms with Crippen LogP contribution in [0.5, 0.6) is 5.88 Å². The predicted octanol–water partition coefficient (Wildman–Crippen LogP) is 1.99. The fourth-order valence-corrected chi connectivity index (χ4v) is 2.87. The Morgan fingerprint density at radius 2 is 2.17 bits per heavy atom. The van der Waals surface area contributed by atoms with Crippen molar-refractivity contribution in [3.8, 4) is 5.88 Å². The molecule has 1 aliphatic rings. The Hall–Kier alpha value is -2.12. The highest BCUT2D eigenvalue weighted by molar-refractivity contribution is 6.44. The van der Waals surface area contributed by atoms with Crippen molar-refractivity contribution in [3.05, 3.63) is 41.9 Å². The number of aromatic nitrogens is 3. The maximum absolute atomic E-state index is 9.92. The van der Waals surface area contributed by atoms with E-state index in [0.29, 0.717) is 18.5 Å². The minimum atomic E-state index is -1.33. The molecule has 0 saturated carbocycles. The van der Waals surface area contributed by atoms with E-state index in [1.54, 1.807) is 6.20 Å². The molecule has 23 heavy (non-hydrogen) atoms. The van der Waals surface area contributed by atoms with Gasteiger partial charge in [0.15, 0.2) is 5.52 Å². The number of hydrogen-bond acceptors (Lipinski definition) is 5. The molecule has 120 valence electrons. The third kappa shape index (κ3) is 3.02. The first-order valence-electron chi connectivity index (χ1n) is 7.75. The Bertz CT molecular complexity index is 780. The highest BCUT2D eigenvalue weighted by atomic mass is 16.4. The molecule has 6 nitrogen and oxygen atoms in total. The molecule has 0 aromatic carbocycles. The number of aromatic hydroxyl groups is 1. The second-order valence-corrected chi connectivity index (χ2v) is 6.16. The summed E-state index contributed by atoms with van der Waals surface area (Å²) in [5.41, 5.74) is 2.44. The van der Waals surface area contributed by atoms with Gasteiger partial charge in [-0.15, -0.1) is 0 Å². The molecule has 2 aromatic heterocycles. The van der Waals surface area contributed by atoms with Crippen molar-refractivity contribution in [3.63, 3.8) is 0 Å². The second-order valence-electron chi connectivity index (χ2n) is 6.16. The number of hydrogen-bond donors (Lipinski definition) is 3. The molecule has 1 atom stereocenters. The number of rotatable bonds is 4. The van der Waals surface area contributed by atoms with Crippen molar-refractivity contribution in [1.29, 1.82) is 0 Å². The lowest BCUT2D eigenvalue weighted by molar-refractivity contribution is 0.394. The molecule has 1 aliphatic carbocycles. The smallest absolute Gasteiger partial charge is 0.459 e. The Labute approximate surface area is 135 Å². The molecule has 3 N–H and O–H groups in total. The van der Waals surface area contributed by atoms with Crippen molar-refractivity contribution in [2.45, 2.75) is 38.5 Å². The van der Waals surface area contributed by atoms with Gasteiger partial charge in [-0.2, -0.15) is 0 Å². The van der Waals surface area contributed by atoms with E-state index >= 15 is 0 Å². The number of pyridine rings is 1. The van der Waals surface area contributed by atoms with Crippen molar-refractivity contribution in [2.75, 3.05) is 0 Å². The van der Waals surface area contributed by atoms with Gasteiger partial charge in [-0.05, 0) is 18.1 Å². The first kappa shape index (κ1) is 15.8. The van der Waals surface area contributed by atoms with Crippen LogP contribution in [-0.2, 0) is 6.54 Å². The van der Waals surface area contributed by atoms with Crippen LogP contribution in [0.4, 0.5) is 0 Å². The molecule has 3 rings (SSSR count). The van der Waals surface area contributed by atoms with Gasteiger partial charge in [-0.25, -0.2) is 9.97 Å². The molecule has 0 bridgehead atoms. The van der Waals surface area contributed by atoms with Gasteiger partial charge in [0.25, 0.3) is 0 Å². The molecule has 0 saturated heterocycles. The summed E-state index contributed by atoms with van der Waals surface area (Å²) in [4.78, 5) is 8.43. The fraction of sp³-hybridized carbons (Fsp3) is 0.375. The van der Waals surface area contributed by atoms with Crippen LogP contribution < -0.4 is 0 Å². The van der Waals surface area contributed by atoms with Crippen LogP contribution in [0.1, 0.15) is 32.0 Å². The van der Waals surface area contributed by atoms with Crippen LogP contribution in [0, 0.1) is 0 Å². The van der Waals surface area contributed by atoms with Gasteiger partial charge in [0.1, 0.15) is 5.82 Å². The summed E-state index contributed by atoms with van der Waals surface area (Å²) < 4.78 is 2.08. The maximum atomic E-state index is 9.92. The third-order valence-electron chi connectivity index (χ3n) is 4.13. The van der Waals surface area contributed by atoms with Gasteiger partial charge >= 0.3 is 7.12 Å². The summed E-state index contributed by atoms with van der Waals surface area (Å²) in [6, 6.07) is 1.85. The van der Waals surface area contributed by atoms with Gasteiger partial charge in [0.05, 0.1) is 5.52 Å². The van der Waals surface area contributed by atoms with Gasteiger partial charge in [-0.3, -0.25) is 0 Å².